The summed E-state index contributed by atoms with van der Waals surface area (Å²) in [4.78, 5) is 0. The van der Waals surface area contributed by atoms with Gasteiger partial charge in [-0.05, 0) is 38.9 Å². The van der Waals surface area contributed by atoms with E-state index in [1.54, 1.807) is 7.11 Å². The van der Waals surface area contributed by atoms with Gasteiger partial charge in [0.2, 0.25) is 0 Å². The highest BCUT2D eigenvalue weighted by Crippen LogP contribution is 2.38. The van der Waals surface area contributed by atoms with Crippen molar-refractivity contribution in [2.45, 2.75) is 57.8 Å². The number of methoxy groups -OCH3 is 1. The lowest BCUT2D eigenvalue weighted by Gasteiger charge is -2.36. The molecule has 3 nitrogen and oxygen atoms in total. The molecule has 0 aromatic heterocycles. The Morgan fingerprint density at radius 2 is 2.19 bits per heavy atom. The fourth-order valence-electron chi connectivity index (χ4n) is 2.78. The average molecular weight is 356 g/mol. The molecule has 0 bridgehead atoms. The summed E-state index contributed by atoms with van der Waals surface area (Å²) >= 11 is 3.53. The molecule has 2 unspecified atom stereocenters. The lowest BCUT2D eigenvalue weighted by Crippen LogP contribution is -2.38. The van der Waals surface area contributed by atoms with Crippen LogP contribution in [0.3, 0.4) is 0 Å². The number of benzene rings is 1. The van der Waals surface area contributed by atoms with Gasteiger partial charge in [0, 0.05) is 36.0 Å². The fraction of sp³-hybridized carbons (Fsp3) is 0.647. The Balaban J connectivity index is 2.19. The quantitative estimate of drug-likeness (QED) is 0.817. The Morgan fingerprint density at radius 3 is 2.86 bits per heavy atom. The van der Waals surface area contributed by atoms with Crippen LogP contribution in [0.5, 0.6) is 5.75 Å². The molecule has 21 heavy (non-hydrogen) atoms. The van der Waals surface area contributed by atoms with Gasteiger partial charge in [-0.25, -0.2) is 0 Å². The van der Waals surface area contributed by atoms with Gasteiger partial charge in [0.1, 0.15) is 11.9 Å². The van der Waals surface area contributed by atoms with E-state index >= 15 is 0 Å². The zero-order valence-corrected chi connectivity index (χ0v) is 15.0. The Hall–Kier alpha value is -0.580. The van der Waals surface area contributed by atoms with E-state index in [0.29, 0.717) is 6.04 Å². The number of halogens is 1. The highest BCUT2D eigenvalue weighted by molar-refractivity contribution is 9.10. The SMILES string of the molecule is CCCNC1CC(CC(C)(C)OC)Oc2cc(Br)ccc21. The Bertz CT molecular complexity index is 476. The molecule has 4 heteroatoms. The molecule has 2 atom stereocenters. The summed E-state index contributed by atoms with van der Waals surface area (Å²) in [6.45, 7) is 7.45. The van der Waals surface area contributed by atoms with Crippen LogP contribution in [-0.4, -0.2) is 25.4 Å². The van der Waals surface area contributed by atoms with Gasteiger partial charge in [0.25, 0.3) is 0 Å². The number of fused-ring (bicyclic) bond motifs is 1. The maximum absolute atomic E-state index is 6.21. The molecule has 0 spiro atoms. The van der Waals surface area contributed by atoms with Crippen molar-refractivity contribution in [1.82, 2.24) is 5.32 Å². The first-order valence-corrected chi connectivity index (χ1v) is 8.49. The van der Waals surface area contributed by atoms with Crippen molar-refractivity contribution >= 4 is 15.9 Å². The third-order valence-electron chi connectivity index (χ3n) is 4.06. The second-order valence-corrected chi connectivity index (χ2v) is 7.25. The first-order chi connectivity index (χ1) is 9.95. The van der Waals surface area contributed by atoms with Crippen LogP contribution in [-0.2, 0) is 4.74 Å². The van der Waals surface area contributed by atoms with E-state index in [-0.39, 0.29) is 11.7 Å². The fourth-order valence-corrected chi connectivity index (χ4v) is 3.12. The number of rotatable bonds is 6. The molecule has 1 heterocycles. The zero-order valence-electron chi connectivity index (χ0n) is 13.4. The van der Waals surface area contributed by atoms with E-state index in [4.69, 9.17) is 9.47 Å². The molecule has 0 aliphatic carbocycles. The first kappa shape index (κ1) is 16.8. The van der Waals surface area contributed by atoms with Gasteiger partial charge in [-0.3, -0.25) is 0 Å². The smallest absolute Gasteiger partial charge is 0.125 e. The van der Waals surface area contributed by atoms with E-state index in [1.165, 1.54) is 5.56 Å². The van der Waals surface area contributed by atoms with E-state index < -0.39 is 0 Å². The Kier molecular flexibility index (Phi) is 5.69. The number of hydrogen-bond acceptors (Lipinski definition) is 3. The van der Waals surface area contributed by atoms with Crippen molar-refractivity contribution in [1.29, 1.82) is 0 Å². The van der Waals surface area contributed by atoms with Crippen molar-refractivity contribution in [3.05, 3.63) is 28.2 Å². The summed E-state index contributed by atoms with van der Waals surface area (Å²) in [6, 6.07) is 6.67. The minimum Gasteiger partial charge on any atom is -0.490 e. The maximum Gasteiger partial charge on any atom is 0.125 e. The van der Waals surface area contributed by atoms with Crippen LogP contribution in [0, 0.1) is 0 Å². The molecule has 1 aromatic rings. The summed E-state index contributed by atoms with van der Waals surface area (Å²) in [5, 5.41) is 3.64. The molecule has 0 fully saturated rings. The van der Waals surface area contributed by atoms with E-state index in [0.717, 1.165) is 36.0 Å². The molecule has 0 amide bonds. The van der Waals surface area contributed by atoms with Crippen LogP contribution in [0.2, 0.25) is 0 Å². The summed E-state index contributed by atoms with van der Waals surface area (Å²) in [6.07, 6.45) is 3.19. The second kappa shape index (κ2) is 7.12. The van der Waals surface area contributed by atoms with Crippen LogP contribution in [0.25, 0.3) is 0 Å². The molecule has 1 N–H and O–H groups in total. The standard InChI is InChI=1S/C17H26BrNO2/c1-5-8-19-15-10-13(11-17(2,3)20-4)21-16-9-12(18)6-7-14(15)16/h6-7,9,13,15,19H,5,8,10-11H2,1-4H3. The monoisotopic (exact) mass is 355 g/mol. The van der Waals surface area contributed by atoms with Crippen LogP contribution < -0.4 is 10.1 Å². The van der Waals surface area contributed by atoms with Gasteiger partial charge in [-0.2, -0.15) is 0 Å². The van der Waals surface area contributed by atoms with Crippen molar-refractivity contribution in [3.63, 3.8) is 0 Å². The largest absolute Gasteiger partial charge is 0.490 e. The number of nitrogens with one attached hydrogen (secondary N) is 1. The minimum absolute atomic E-state index is 0.163. The molecule has 0 radical (unpaired) electrons. The van der Waals surface area contributed by atoms with E-state index in [9.17, 15) is 0 Å². The van der Waals surface area contributed by atoms with Gasteiger partial charge in [-0.1, -0.05) is 28.9 Å². The highest BCUT2D eigenvalue weighted by atomic mass is 79.9. The maximum atomic E-state index is 6.21. The normalized spacial score (nSPS) is 21.8. The third kappa shape index (κ3) is 4.44. The number of ether oxygens (including phenoxy) is 2. The van der Waals surface area contributed by atoms with Crippen LogP contribution in [0.4, 0.5) is 0 Å². The van der Waals surface area contributed by atoms with Crippen molar-refractivity contribution < 1.29 is 9.47 Å². The molecule has 1 aromatic carbocycles. The van der Waals surface area contributed by atoms with E-state index in [1.807, 2.05) is 0 Å². The van der Waals surface area contributed by atoms with Crippen LogP contribution in [0.15, 0.2) is 22.7 Å². The zero-order chi connectivity index (χ0) is 15.5. The van der Waals surface area contributed by atoms with Gasteiger partial charge < -0.3 is 14.8 Å². The number of hydrogen-bond donors (Lipinski definition) is 1. The minimum atomic E-state index is -0.163. The molecular formula is C17H26BrNO2. The molecular weight excluding hydrogens is 330 g/mol. The molecule has 118 valence electrons. The Labute approximate surface area is 136 Å². The van der Waals surface area contributed by atoms with Gasteiger partial charge >= 0.3 is 0 Å². The predicted molar refractivity (Wildman–Crippen MR) is 89.9 cm³/mol. The molecule has 0 saturated heterocycles. The van der Waals surface area contributed by atoms with E-state index in [2.05, 4.69) is 60.2 Å². The summed E-state index contributed by atoms with van der Waals surface area (Å²) in [7, 11) is 1.76. The summed E-state index contributed by atoms with van der Waals surface area (Å²) < 4.78 is 12.8. The van der Waals surface area contributed by atoms with Gasteiger partial charge in [-0.15, -0.1) is 0 Å². The first-order valence-electron chi connectivity index (χ1n) is 7.70. The van der Waals surface area contributed by atoms with Gasteiger partial charge in [0.05, 0.1) is 5.60 Å². The van der Waals surface area contributed by atoms with Crippen LogP contribution >= 0.6 is 15.9 Å². The van der Waals surface area contributed by atoms with Crippen LogP contribution in [0.1, 0.15) is 51.6 Å². The van der Waals surface area contributed by atoms with Crippen molar-refractivity contribution in [3.8, 4) is 5.75 Å². The topological polar surface area (TPSA) is 30.5 Å². The molecule has 2 rings (SSSR count). The van der Waals surface area contributed by atoms with Crippen molar-refractivity contribution in [2.24, 2.45) is 0 Å². The highest BCUT2D eigenvalue weighted by Gasteiger charge is 2.32. The van der Waals surface area contributed by atoms with Gasteiger partial charge in [0.15, 0.2) is 0 Å². The predicted octanol–water partition coefficient (Wildman–Crippen LogP) is 4.46. The lowest BCUT2D eigenvalue weighted by molar-refractivity contribution is -0.0205. The Morgan fingerprint density at radius 1 is 1.43 bits per heavy atom. The summed E-state index contributed by atoms with van der Waals surface area (Å²) in [5.41, 5.74) is 1.10. The molecule has 1 aliphatic rings. The summed E-state index contributed by atoms with van der Waals surface area (Å²) in [5.74, 6) is 0.987. The average Bonchev–Trinajstić information content (AvgIpc) is 2.43. The lowest BCUT2D eigenvalue weighted by atomic mass is 9.90. The molecule has 0 saturated carbocycles. The second-order valence-electron chi connectivity index (χ2n) is 6.33. The third-order valence-corrected chi connectivity index (χ3v) is 4.55. The van der Waals surface area contributed by atoms with Crippen molar-refractivity contribution in [2.75, 3.05) is 13.7 Å². The molecule has 1 aliphatic heterocycles.